The Labute approximate surface area is 351 Å². The third-order valence-electron chi connectivity index (χ3n) is 9.56. The highest BCUT2D eigenvalue weighted by atomic mass is 31.2. The zero-order valence-corrected chi connectivity index (χ0v) is 38.5. The van der Waals surface area contributed by atoms with Crippen molar-refractivity contribution in [2.75, 3.05) is 54.1 Å². The van der Waals surface area contributed by atoms with Gasteiger partial charge in [-0.2, -0.15) is 0 Å². The lowest BCUT2D eigenvalue weighted by Crippen LogP contribution is -2.37. The second kappa shape index (κ2) is 41.0. The van der Waals surface area contributed by atoms with Crippen LogP contribution in [0.4, 0.5) is 0 Å². The number of ether oxygens (including phenoxy) is 2. The van der Waals surface area contributed by atoms with Gasteiger partial charge in [0, 0.05) is 13.0 Å². The van der Waals surface area contributed by atoms with Gasteiger partial charge in [-0.1, -0.05) is 158 Å². The van der Waals surface area contributed by atoms with Crippen molar-refractivity contribution in [2.24, 2.45) is 0 Å². The summed E-state index contributed by atoms with van der Waals surface area (Å²) >= 11 is 0. The van der Waals surface area contributed by atoms with Gasteiger partial charge < -0.3 is 18.9 Å². The average Bonchev–Trinajstić information content (AvgIpc) is 3.16. The summed E-state index contributed by atoms with van der Waals surface area (Å²) in [5.41, 5.74) is 0. The first kappa shape index (κ1) is 55.2. The van der Waals surface area contributed by atoms with Gasteiger partial charge in [0.2, 0.25) is 0 Å². The number of nitrogens with zero attached hydrogens (tertiary/aromatic N) is 1. The second-order valence-electron chi connectivity index (χ2n) is 16.4. The van der Waals surface area contributed by atoms with E-state index >= 15 is 0 Å². The minimum Gasteiger partial charge on any atom is -0.457 e. The Morgan fingerprint density at radius 1 is 0.561 bits per heavy atom. The molecule has 2 atom stereocenters. The van der Waals surface area contributed by atoms with Gasteiger partial charge in [0.25, 0.3) is 0 Å². The summed E-state index contributed by atoms with van der Waals surface area (Å²) in [6.45, 7) is 5.44. The van der Waals surface area contributed by atoms with E-state index in [2.05, 4.69) is 74.6 Å². The monoisotopic (exact) mass is 823 g/mol. The molecular weight excluding hydrogens is 734 g/mol. The van der Waals surface area contributed by atoms with E-state index in [9.17, 15) is 14.3 Å². The highest BCUT2D eigenvalue weighted by Crippen LogP contribution is 2.43. The first-order chi connectivity index (χ1) is 27.6. The number of hydrogen-bond donors (Lipinski definition) is 1. The second-order valence-corrected chi connectivity index (χ2v) is 17.9. The van der Waals surface area contributed by atoms with E-state index in [0.717, 1.165) is 64.2 Å². The molecule has 2 unspecified atom stereocenters. The summed E-state index contributed by atoms with van der Waals surface area (Å²) in [4.78, 5) is 22.9. The van der Waals surface area contributed by atoms with E-state index in [0.29, 0.717) is 24.1 Å². The molecule has 0 aromatic rings. The Balaban J connectivity index is 4.19. The van der Waals surface area contributed by atoms with E-state index in [4.69, 9.17) is 18.5 Å². The Kier molecular flexibility index (Phi) is 39.7. The normalized spacial score (nSPS) is 14.3. The van der Waals surface area contributed by atoms with Gasteiger partial charge in [0.1, 0.15) is 19.3 Å². The topological polar surface area (TPSA) is 91.3 Å². The lowest BCUT2D eigenvalue weighted by atomic mass is 10.1. The SMILES string of the molecule is CC/C=C\C/C=C\C/C=C\CCCCCC(=O)OC(COCCCCCCCCCCCC/C=C\C/C=C\CCCCCCC)COP(=O)(O)OCC[N+](C)(C)C. The lowest BCUT2D eigenvalue weighted by Gasteiger charge is -2.24. The first-order valence-electron chi connectivity index (χ1n) is 23.0. The Bertz CT molecular complexity index is 1090. The fraction of sp³-hybridized carbons (Fsp3) is 0.771. The number of unbranched alkanes of at least 4 members (excludes halogenated alkanes) is 18. The molecule has 0 radical (unpaired) electrons. The van der Waals surface area contributed by atoms with E-state index in [1.54, 1.807) is 0 Å². The third-order valence-corrected chi connectivity index (χ3v) is 10.5. The number of phosphoric acid groups is 1. The highest BCUT2D eigenvalue weighted by molar-refractivity contribution is 7.47. The van der Waals surface area contributed by atoms with Crippen molar-refractivity contribution in [3.8, 4) is 0 Å². The number of carbonyl (C=O) groups is 1. The van der Waals surface area contributed by atoms with Gasteiger partial charge in [-0.05, 0) is 77.0 Å². The van der Waals surface area contributed by atoms with E-state index < -0.39 is 13.9 Å². The Hall–Kier alpha value is -1.80. The van der Waals surface area contributed by atoms with Gasteiger partial charge >= 0.3 is 13.8 Å². The lowest BCUT2D eigenvalue weighted by molar-refractivity contribution is -0.870. The molecule has 0 amide bonds. The number of carbonyl (C=O) groups excluding carboxylic acids is 1. The van der Waals surface area contributed by atoms with Crippen LogP contribution in [-0.2, 0) is 27.9 Å². The van der Waals surface area contributed by atoms with Crippen molar-refractivity contribution in [1.29, 1.82) is 0 Å². The molecule has 57 heavy (non-hydrogen) atoms. The van der Waals surface area contributed by atoms with Crippen LogP contribution in [0.15, 0.2) is 60.8 Å². The quantitative estimate of drug-likeness (QED) is 0.0215. The zero-order chi connectivity index (χ0) is 42.0. The number of phosphoric ester groups is 1. The van der Waals surface area contributed by atoms with Crippen molar-refractivity contribution < 1.29 is 37.3 Å². The molecule has 332 valence electrons. The van der Waals surface area contributed by atoms with Crippen LogP contribution in [0.5, 0.6) is 0 Å². The van der Waals surface area contributed by atoms with Crippen molar-refractivity contribution in [3.63, 3.8) is 0 Å². The summed E-state index contributed by atoms with van der Waals surface area (Å²) in [7, 11) is 1.64. The van der Waals surface area contributed by atoms with Gasteiger partial charge in [-0.3, -0.25) is 13.8 Å². The van der Waals surface area contributed by atoms with Gasteiger partial charge in [-0.25, -0.2) is 4.57 Å². The van der Waals surface area contributed by atoms with E-state index in [1.165, 1.54) is 96.3 Å². The van der Waals surface area contributed by atoms with Crippen molar-refractivity contribution >= 4 is 13.8 Å². The van der Waals surface area contributed by atoms with Crippen LogP contribution in [0.25, 0.3) is 0 Å². The maximum Gasteiger partial charge on any atom is 0.472 e. The largest absolute Gasteiger partial charge is 0.472 e. The number of rotatable bonds is 42. The Morgan fingerprint density at radius 2 is 1.02 bits per heavy atom. The van der Waals surface area contributed by atoms with Crippen LogP contribution in [0, 0.1) is 0 Å². The molecule has 9 heteroatoms. The number of quaternary nitrogens is 1. The molecule has 0 spiro atoms. The maximum absolute atomic E-state index is 12.7. The zero-order valence-electron chi connectivity index (χ0n) is 37.6. The molecule has 0 aromatic carbocycles. The van der Waals surface area contributed by atoms with E-state index in [-0.39, 0.29) is 25.8 Å². The molecule has 0 aliphatic carbocycles. The van der Waals surface area contributed by atoms with Crippen LogP contribution in [0.1, 0.15) is 181 Å². The number of allylic oxidation sites excluding steroid dienone is 10. The van der Waals surface area contributed by atoms with Crippen molar-refractivity contribution in [3.05, 3.63) is 60.8 Å². The average molecular weight is 823 g/mol. The van der Waals surface area contributed by atoms with Crippen LogP contribution in [-0.4, -0.2) is 75.6 Å². The molecule has 0 heterocycles. The standard InChI is InChI=1S/C48H88NO7P/c1-6-8-10-12-14-16-18-20-21-22-23-24-25-26-27-28-30-32-34-36-38-40-43-53-45-47(46-55-57(51,52)54-44-42-49(3,4)5)56-48(50)41-39-37-35-33-31-29-19-17-15-13-11-9-7-2/h9,11,15,17-18,20,22-23,29,31,47H,6-8,10,12-14,16,19,21,24-28,30,32-46H2,1-5H3/p+1/b11-9-,17-15-,20-18-,23-22-,31-29-. The van der Waals surface area contributed by atoms with Gasteiger partial charge in [-0.15, -0.1) is 0 Å². The molecule has 0 aliphatic rings. The molecule has 0 aromatic heterocycles. The predicted molar refractivity (Wildman–Crippen MR) is 242 cm³/mol. The number of likely N-dealkylation sites (N-methyl/N-ethyl adjacent to an activating group) is 1. The summed E-state index contributed by atoms with van der Waals surface area (Å²) in [6.07, 6.45) is 51.2. The molecule has 0 bridgehead atoms. The molecule has 0 fully saturated rings. The summed E-state index contributed by atoms with van der Waals surface area (Å²) in [6, 6.07) is 0. The van der Waals surface area contributed by atoms with Crippen LogP contribution < -0.4 is 0 Å². The number of hydrogen-bond acceptors (Lipinski definition) is 6. The minimum atomic E-state index is -4.29. The molecular formula is C48H89NO7P+. The Morgan fingerprint density at radius 3 is 1.53 bits per heavy atom. The van der Waals surface area contributed by atoms with Crippen molar-refractivity contribution in [1.82, 2.24) is 0 Å². The maximum atomic E-state index is 12.7. The predicted octanol–water partition coefficient (Wildman–Crippen LogP) is 13.7. The molecule has 0 saturated carbocycles. The smallest absolute Gasteiger partial charge is 0.457 e. The van der Waals surface area contributed by atoms with Crippen LogP contribution in [0.3, 0.4) is 0 Å². The summed E-state index contributed by atoms with van der Waals surface area (Å²) in [5.74, 6) is -0.345. The summed E-state index contributed by atoms with van der Waals surface area (Å²) < 4.78 is 35.0. The molecule has 8 nitrogen and oxygen atoms in total. The fourth-order valence-electron chi connectivity index (χ4n) is 6.01. The molecule has 0 saturated heterocycles. The van der Waals surface area contributed by atoms with Crippen LogP contribution in [0.2, 0.25) is 0 Å². The van der Waals surface area contributed by atoms with Crippen molar-refractivity contribution in [2.45, 2.75) is 187 Å². The van der Waals surface area contributed by atoms with E-state index in [1.807, 2.05) is 21.1 Å². The fourth-order valence-corrected chi connectivity index (χ4v) is 6.75. The highest BCUT2D eigenvalue weighted by Gasteiger charge is 2.26. The van der Waals surface area contributed by atoms with Crippen LogP contribution >= 0.6 is 7.82 Å². The van der Waals surface area contributed by atoms with Gasteiger partial charge in [0.15, 0.2) is 0 Å². The number of esters is 1. The molecule has 0 rings (SSSR count). The summed E-state index contributed by atoms with van der Waals surface area (Å²) in [5, 5.41) is 0. The third kappa shape index (κ3) is 45.1. The molecule has 0 aliphatic heterocycles. The van der Waals surface area contributed by atoms with Gasteiger partial charge in [0.05, 0.1) is 34.4 Å². The first-order valence-corrected chi connectivity index (χ1v) is 24.5. The molecule has 1 N–H and O–H groups in total. The minimum absolute atomic E-state index is 0.0798.